The van der Waals surface area contributed by atoms with Crippen LogP contribution in [0.2, 0.25) is 0 Å². The molecule has 2 heteroatoms. The molecule has 0 amide bonds. The molecule has 0 radical (unpaired) electrons. The van der Waals surface area contributed by atoms with Crippen molar-refractivity contribution >= 4 is 0 Å². The quantitative estimate of drug-likeness (QED) is 0.816. The Balaban J connectivity index is 2.03. The molecule has 1 fully saturated rings. The molecule has 0 bridgehead atoms. The van der Waals surface area contributed by atoms with E-state index in [1.807, 2.05) is 0 Å². The maximum absolute atomic E-state index is 6.29. The molecule has 0 saturated heterocycles. The molecule has 0 aliphatic heterocycles. The van der Waals surface area contributed by atoms with Gasteiger partial charge in [-0.25, -0.2) is 0 Å². The van der Waals surface area contributed by atoms with E-state index in [1.54, 1.807) is 0 Å². The van der Waals surface area contributed by atoms with Crippen LogP contribution in [0.1, 0.15) is 65.4 Å². The van der Waals surface area contributed by atoms with Crippen LogP contribution < -0.4 is 10.1 Å². The highest BCUT2D eigenvalue weighted by atomic mass is 16.5. The molecule has 2 unspecified atom stereocenters. The summed E-state index contributed by atoms with van der Waals surface area (Å²) in [4.78, 5) is 0. The summed E-state index contributed by atoms with van der Waals surface area (Å²) in [6.45, 7) is 12.4. The van der Waals surface area contributed by atoms with Gasteiger partial charge in [0.2, 0.25) is 0 Å². The van der Waals surface area contributed by atoms with Crippen LogP contribution in [0.4, 0.5) is 0 Å². The molecule has 1 aromatic carbocycles. The number of hydrogen-bond donors (Lipinski definition) is 1. The third-order valence-electron chi connectivity index (χ3n) is 4.74. The summed E-state index contributed by atoms with van der Waals surface area (Å²) < 4.78 is 6.29. The van der Waals surface area contributed by atoms with Gasteiger partial charge in [-0.1, -0.05) is 46.8 Å². The second kappa shape index (κ2) is 6.83. The van der Waals surface area contributed by atoms with E-state index in [4.69, 9.17) is 4.74 Å². The first kappa shape index (κ1) is 16.4. The average molecular weight is 289 g/mol. The van der Waals surface area contributed by atoms with Crippen LogP contribution in [-0.4, -0.2) is 18.7 Å². The van der Waals surface area contributed by atoms with E-state index < -0.39 is 0 Å². The van der Waals surface area contributed by atoms with Gasteiger partial charge in [0.1, 0.15) is 11.9 Å². The standard InChI is InChI=1S/C19H31NO/c1-6-13-20-18-17(11-12-19(18,4)5)21-16-9-7-15(8-10-16)14(2)3/h7-10,14,17-18,20H,6,11-13H2,1-5H3. The molecular weight excluding hydrogens is 258 g/mol. The molecule has 1 saturated carbocycles. The van der Waals surface area contributed by atoms with Crippen molar-refractivity contribution in [2.24, 2.45) is 5.41 Å². The van der Waals surface area contributed by atoms with Crippen LogP contribution in [0.3, 0.4) is 0 Å². The van der Waals surface area contributed by atoms with Crippen LogP contribution in [-0.2, 0) is 0 Å². The maximum atomic E-state index is 6.29. The molecular formula is C19H31NO. The number of benzene rings is 1. The van der Waals surface area contributed by atoms with Crippen LogP contribution in [0, 0.1) is 5.41 Å². The fourth-order valence-corrected chi connectivity index (χ4v) is 3.28. The zero-order valence-corrected chi connectivity index (χ0v) is 14.3. The highest BCUT2D eigenvalue weighted by molar-refractivity contribution is 5.29. The van der Waals surface area contributed by atoms with Crippen LogP contribution >= 0.6 is 0 Å². The summed E-state index contributed by atoms with van der Waals surface area (Å²) >= 11 is 0. The van der Waals surface area contributed by atoms with E-state index in [-0.39, 0.29) is 6.10 Å². The smallest absolute Gasteiger partial charge is 0.119 e. The second-order valence-corrected chi connectivity index (χ2v) is 7.34. The van der Waals surface area contributed by atoms with Gasteiger partial charge in [0.25, 0.3) is 0 Å². The lowest BCUT2D eigenvalue weighted by molar-refractivity contribution is 0.140. The van der Waals surface area contributed by atoms with Crippen molar-refractivity contribution in [1.82, 2.24) is 5.32 Å². The van der Waals surface area contributed by atoms with E-state index >= 15 is 0 Å². The largest absolute Gasteiger partial charge is 0.489 e. The topological polar surface area (TPSA) is 21.3 Å². The summed E-state index contributed by atoms with van der Waals surface area (Å²) in [6, 6.07) is 9.07. The highest BCUT2D eigenvalue weighted by Gasteiger charge is 2.42. The lowest BCUT2D eigenvalue weighted by Gasteiger charge is -2.31. The van der Waals surface area contributed by atoms with Crippen molar-refractivity contribution in [2.45, 2.75) is 71.9 Å². The van der Waals surface area contributed by atoms with Crippen molar-refractivity contribution in [3.8, 4) is 5.75 Å². The van der Waals surface area contributed by atoms with Gasteiger partial charge in [-0.2, -0.15) is 0 Å². The van der Waals surface area contributed by atoms with Gasteiger partial charge in [0, 0.05) is 6.04 Å². The minimum absolute atomic E-state index is 0.288. The Morgan fingerprint density at radius 3 is 2.48 bits per heavy atom. The molecule has 0 aromatic heterocycles. The van der Waals surface area contributed by atoms with Gasteiger partial charge in [-0.3, -0.25) is 0 Å². The summed E-state index contributed by atoms with van der Waals surface area (Å²) in [5, 5.41) is 3.70. The third kappa shape index (κ3) is 4.00. The SMILES string of the molecule is CCCNC1C(Oc2ccc(C(C)C)cc2)CCC1(C)C. The van der Waals surface area contributed by atoms with Crippen molar-refractivity contribution in [1.29, 1.82) is 0 Å². The normalized spacial score (nSPS) is 24.5. The summed E-state index contributed by atoms with van der Waals surface area (Å²) in [5.41, 5.74) is 1.69. The molecule has 21 heavy (non-hydrogen) atoms. The summed E-state index contributed by atoms with van der Waals surface area (Å²) in [6.07, 6.45) is 3.82. The minimum atomic E-state index is 0.288. The van der Waals surface area contributed by atoms with E-state index in [1.165, 1.54) is 18.4 Å². The molecule has 2 rings (SSSR count). The lowest BCUT2D eigenvalue weighted by Crippen LogP contribution is -2.46. The number of nitrogens with one attached hydrogen (secondary N) is 1. The maximum Gasteiger partial charge on any atom is 0.119 e. The number of hydrogen-bond acceptors (Lipinski definition) is 2. The van der Waals surface area contributed by atoms with E-state index in [0.29, 0.717) is 17.4 Å². The van der Waals surface area contributed by atoms with Crippen molar-refractivity contribution in [3.63, 3.8) is 0 Å². The predicted molar refractivity (Wildman–Crippen MR) is 90.0 cm³/mol. The number of ether oxygens (including phenoxy) is 1. The zero-order valence-electron chi connectivity index (χ0n) is 14.3. The molecule has 1 N–H and O–H groups in total. The zero-order chi connectivity index (χ0) is 15.5. The van der Waals surface area contributed by atoms with Gasteiger partial charge in [-0.05, 0) is 54.8 Å². The Kier molecular flexibility index (Phi) is 5.32. The Bertz CT molecular complexity index is 435. The molecule has 0 heterocycles. The van der Waals surface area contributed by atoms with Crippen molar-refractivity contribution < 1.29 is 4.74 Å². The predicted octanol–water partition coefficient (Wildman–Crippen LogP) is 4.75. The van der Waals surface area contributed by atoms with E-state index in [9.17, 15) is 0 Å². The van der Waals surface area contributed by atoms with Gasteiger partial charge >= 0.3 is 0 Å². The second-order valence-electron chi connectivity index (χ2n) is 7.34. The molecule has 118 valence electrons. The minimum Gasteiger partial charge on any atom is -0.489 e. The van der Waals surface area contributed by atoms with Gasteiger partial charge in [0.15, 0.2) is 0 Å². The highest BCUT2D eigenvalue weighted by Crippen LogP contribution is 2.39. The Labute approximate surface area is 130 Å². The van der Waals surface area contributed by atoms with Crippen LogP contribution in [0.5, 0.6) is 5.75 Å². The summed E-state index contributed by atoms with van der Waals surface area (Å²) in [5.74, 6) is 1.58. The van der Waals surface area contributed by atoms with Crippen LogP contribution in [0.25, 0.3) is 0 Å². The fraction of sp³-hybridized carbons (Fsp3) is 0.684. The first-order valence-electron chi connectivity index (χ1n) is 8.44. The fourth-order valence-electron chi connectivity index (χ4n) is 3.28. The molecule has 0 spiro atoms. The first-order valence-corrected chi connectivity index (χ1v) is 8.44. The van der Waals surface area contributed by atoms with E-state index in [0.717, 1.165) is 18.7 Å². The van der Waals surface area contributed by atoms with Crippen molar-refractivity contribution in [3.05, 3.63) is 29.8 Å². The molecule has 1 aromatic rings. The average Bonchev–Trinajstić information content (AvgIpc) is 2.72. The van der Waals surface area contributed by atoms with E-state index in [2.05, 4.69) is 64.2 Å². The monoisotopic (exact) mass is 289 g/mol. The molecule has 2 nitrogen and oxygen atoms in total. The Morgan fingerprint density at radius 2 is 1.90 bits per heavy atom. The third-order valence-corrected chi connectivity index (χ3v) is 4.74. The Morgan fingerprint density at radius 1 is 1.24 bits per heavy atom. The molecule has 1 aliphatic rings. The lowest BCUT2D eigenvalue weighted by atomic mass is 9.87. The van der Waals surface area contributed by atoms with Gasteiger partial charge in [-0.15, -0.1) is 0 Å². The first-order chi connectivity index (χ1) is 9.94. The number of rotatable bonds is 6. The van der Waals surface area contributed by atoms with Crippen LogP contribution in [0.15, 0.2) is 24.3 Å². The van der Waals surface area contributed by atoms with Gasteiger partial charge in [0.05, 0.1) is 0 Å². The Hall–Kier alpha value is -1.02. The van der Waals surface area contributed by atoms with Crippen molar-refractivity contribution in [2.75, 3.05) is 6.54 Å². The molecule has 2 atom stereocenters. The van der Waals surface area contributed by atoms with Gasteiger partial charge < -0.3 is 10.1 Å². The summed E-state index contributed by atoms with van der Waals surface area (Å²) in [7, 11) is 0. The molecule has 1 aliphatic carbocycles.